The second-order valence-electron chi connectivity index (χ2n) is 4.56. The highest BCUT2D eigenvalue weighted by Gasteiger charge is 2.32. The number of aryl methyl sites for hydroxylation is 1. The lowest BCUT2D eigenvalue weighted by atomic mass is 9.81. The zero-order valence-corrected chi connectivity index (χ0v) is 11.0. The number of nitrogens with zero attached hydrogens (tertiary/aromatic N) is 1. The van der Waals surface area contributed by atoms with E-state index in [0.29, 0.717) is 13.1 Å². The molecule has 0 aliphatic rings. The Bertz CT molecular complexity index is 358. The number of hydrogen-bond donors (Lipinski definition) is 2. The molecule has 3 N–H and O–H groups in total. The highest BCUT2D eigenvalue weighted by atomic mass is 16.2. The van der Waals surface area contributed by atoms with E-state index in [4.69, 9.17) is 5.73 Å². The van der Waals surface area contributed by atoms with E-state index in [-0.39, 0.29) is 5.91 Å². The van der Waals surface area contributed by atoms with Crippen LogP contribution in [0.4, 0.5) is 0 Å². The molecule has 0 fully saturated rings. The van der Waals surface area contributed by atoms with Crippen molar-refractivity contribution in [2.24, 2.45) is 18.2 Å². The van der Waals surface area contributed by atoms with Crippen molar-refractivity contribution < 1.29 is 4.79 Å². The molecule has 0 atom stereocenters. The second-order valence-corrected chi connectivity index (χ2v) is 4.56. The first-order chi connectivity index (χ1) is 8.07. The van der Waals surface area contributed by atoms with Crippen LogP contribution < -0.4 is 11.1 Å². The van der Waals surface area contributed by atoms with E-state index < -0.39 is 5.41 Å². The molecule has 0 saturated carbocycles. The topological polar surface area (TPSA) is 60.1 Å². The number of carbonyl (C=O) groups excluding carboxylic acids is 1. The Morgan fingerprint density at radius 2 is 2.12 bits per heavy atom. The predicted molar refractivity (Wildman–Crippen MR) is 69.3 cm³/mol. The Balaban J connectivity index is 2.59. The van der Waals surface area contributed by atoms with Crippen LogP contribution in [0.3, 0.4) is 0 Å². The summed E-state index contributed by atoms with van der Waals surface area (Å²) in [6.45, 7) is 5.00. The van der Waals surface area contributed by atoms with Gasteiger partial charge in [-0.05, 0) is 24.5 Å². The van der Waals surface area contributed by atoms with Gasteiger partial charge >= 0.3 is 0 Å². The quantitative estimate of drug-likeness (QED) is 0.786. The van der Waals surface area contributed by atoms with Gasteiger partial charge in [-0.1, -0.05) is 13.8 Å². The Hall–Kier alpha value is -1.29. The third-order valence-corrected chi connectivity index (χ3v) is 3.57. The summed E-state index contributed by atoms with van der Waals surface area (Å²) in [6.07, 6.45) is 5.53. The summed E-state index contributed by atoms with van der Waals surface area (Å²) in [6, 6.07) is 2.00. The highest BCUT2D eigenvalue weighted by Crippen LogP contribution is 2.25. The summed E-state index contributed by atoms with van der Waals surface area (Å²) in [7, 11) is 1.97. The highest BCUT2D eigenvalue weighted by molar-refractivity contribution is 5.82. The van der Waals surface area contributed by atoms with Gasteiger partial charge in [-0.25, -0.2) is 0 Å². The van der Waals surface area contributed by atoms with Crippen molar-refractivity contribution in [2.75, 3.05) is 6.54 Å². The minimum absolute atomic E-state index is 0.0638. The van der Waals surface area contributed by atoms with Gasteiger partial charge in [0.2, 0.25) is 5.91 Å². The van der Waals surface area contributed by atoms with Gasteiger partial charge in [0, 0.05) is 32.5 Å². The molecule has 1 heterocycles. The van der Waals surface area contributed by atoms with Crippen LogP contribution in [0.25, 0.3) is 0 Å². The van der Waals surface area contributed by atoms with Crippen molar-refractivity contribution in [3.63, 3.8) is 0 Å². The van der Waals surface area contributed by atoms with Crippen LogP contribution in [-0.2, 0) is 18.4 Å². The second kappa shape index (κ2) is 5.87. The monoisotopic (exact) mass is 237 g/mol. The maximum atomic E-state index is 12.1. The fourth-order valence-corrected chi connectivity index (χ4v) is 1.99. The van der Waals surface area contributed by atoms with Gasteiger partial charge < -0.3 is 15.6 Å². The number of amides is 1. The van der Waals surface area contributed by atoms with Crippen molar-refractivity contribution in [1.82, 2.24) is 9.88 Å². The summed E-state index contributed by atoms with van der Waals surface area (Å²) in [5, 5.41) is 2.97. The maximum Gasteiger partial charge on any atom is 0.227 e. The largest absolute Gasteiger partial charge is 0.357 e. The molecule has 96 valence electrons. The molecule has 17 heavy (non-hydrogen) atoms. The lowest BCUT2D eigenvalue weighted by molar-refractivity contribution is -0.131. The molecule has 1 aromatic rings. The first kappa shape index (κ1) is 13.8. The Labute approximate surface area is 103 Å². The summed E-state index contributed by atoms with van der Waals surface area (Å²) >= 11 is 0. The first-order valence-corrected chi connectivity index (χ1v) is 6.17. The lowest BCUT2D eigenvalue weighted by Gasteiger charge is -2.28. The van der Waals surface area contributed by atoms with Crippen LogP contribution in [0, 0.1) is 5.41 Å². The molecule has 0 aliphatic heterocycles. The van der Waals surface area contributed by atoms with Gasteiger partial charge in [0.25, 0.3) is 0 Å². The molecular weight excluding hydrogens is 214 g/mol. The summed E-state index contributed by atoms with van der Waals surface area (Å²) in [4.78, 5) is 12.1. The molecule has 0 spiro atoms. The Morgan fingerprint density at radius 3 is 2.53 bits per heavy atom. The fraction of sp³-hybridized carbons (Fsp3) is 0.615. The molecule has 0 unspecified atom stereocenters. The number of aromatic nitrogens is 1. The van der Waals surface area contributed by atoms with Crippen molar-refractivity contribution in [3.05, 3.63) is 24.0 Å². The van der Waals surface area contributed by atoms with Crippen molar-refractivity contribution in [3.8, 4) is 0 Å². The van der Waals surface area contributed by atoms with Crippen molar-refractivity contribution in [2.45, 2.75) is 33.2 Å². The van der Waals surface area contributed by atoms with Crippen LogP contribution in [-0.4, -0.2) is 17.0 Å². The number of rotatable bonds is 6. The van der Waals surface area contributed by atoms with Gasteiger partial charge in [0.15, 0.2) is 0 Å². The van der Waals surface area contributed by atoms with Crippen LogP contribution in [0.2, 0.25) is 0 Å². The molecule has 0 aliphatic carbocycles. The molecule has 1 amide bonds. The third-order valence-electron chi connectivity index (χ3n) is 3.57. The summed E-state index contributed by atoms with van der Waals surface area (Å²) in [5.41, 5.74) is 6.44. The molecular formula is C13H23N3O. The van der Waals surface area contributed by atoms with E-state index in [2.05, 4.69) is 5.32 Å². The van der Waals surface area contributed by atoms with Crippen LogP contribution in [0.15, 0.2) is 18.5 Å². The number of nitrogens with two attached hydrogens (primary N) is 1. The minimum atomic E-state index is -0.408. The fourth-order valence-electron chi connectivity index (χ4n) is 1.99. The van der Waals surface area contributed by atoms with E-state index in [0.717, 1.165) is 18.4 Å². The van der Waals surface area contributed by atoms with Gasteiger partial charge in [0.05, 0.1) is 5.41 Å². The van der Waals surface area contributed by atoms with E-state index in [9.17, 15) is 4.79 Å². The first-order valence-electron chi connectivity index (χ1n) is 6.17. The molecule has 0 saturated heterocycles. The minimum Gasteiger partial charge on any atom is -0.357 e. The molecule has 1 aromatic heterocycles. The van der Waals surface area contributed by atoms with E-state index in [1.54, 1.807) is 0 Å². The smallest absolute Gasteiger partial charge is 0.227 e. The van der Waals surface area contributed by atoms with E-state index in [1.165, 1.54) is 0 Å². The van der Waals surface area contributed by atoms with Gasteiger partial charge in [-0.3, -0.25) is 4.79 Å². The molecule has 0 aromatic carbocycles. The Morgan fingerprint density at radius 1 is 1.47 bits per heavy atom. The van der Waals surface area contributed by atoms with Crippen LogP contribution in [0.5, 0.6) is 0 Å². The van der Waals surface area contributed by atoms with E-state index in [1.807, 2.05) is 43.9 Å². The van der Waals surface area contributed by atoms with Gasteiger partial charge in [0.1, 0.15) is 0 Å². The number of hydrogen-bond acceptors (Lipinski definition) is 2. The van der Waals surface area contributed by atoms with Crippen molar-refractivity contribution in [1.29, 1.82) is 0 Å². The van der Waals surface area contributed by atoms with Crippen molar-refractivity contribution >= 4 is 5.91 Å². The number of carbonyl (C=O) groups is 1. The normalized spacial score (nSPS) is 11.5. The third kappa shape index (κ3) is 3.09. The average molecular weight is 237 g/mol. The SMILES string of the molecule is CCC(CC)(CN)C(=O)NCc1ccn(C)c1. The molecule has 1 rings (SSSR count). The lowest BCUT2D eigenvalue weighted by Crippen LogP contribution is -2.44. The summed E-state index contributed by atoms with van der Waals surface area (Å²) in [5.74, 6) is 0.0638. The van der Waals surface area contributed by atoms with Gasteiger partial charge in [-0.2, -0.15) is 0 Å². The Kier molecular flexibility index (Phi) is 4.75. The van der Waals surface area contributed by atoms with E-state index >= 15 is 0 Å². The number of nitrogens with one attached hydrogen (secondary N) is 1. The van der Waals surface area contributed by atoms with Gasteiger partial charge in [-0.15, -0.1) is 0 Å². The standard InChI is InChI=1S/C13H23N3O/c1-4-13(5-2,10-14)12(17)15-8-11-6-7-16(3)9-11/h6-7,9H,4-5,8,10,14H2,1-3H3,(H,15,17). The molecule has 0 radical (unpaired) electrons. The molecule has 4 heteroatoms. The zero-order valence-electron chi connectivity index (χ0n) is 11.0. The average Bonchev–Trinajstić information content (AvgIpc) is 2.75. The van der Waals surface area contributed by atoms with Crippen LogP contribution >= 0.6 is 0 Å². The zero-order chi connectivity index (χ0) is 12.9. The van der Waals surface area contributed by atoms with Crippen LogP contribution in [0.1, 0.15) is 32.3 Å². The maximum absolute atomic E-state index is 12.1. The predicted octanol–water partition coefficient (Wildman–Crippen LogP) is 1.41. The molecule has 4 nitrogen and oxygen atoms in total. The summed E-state index contributed by atoms with van der Waals surface area (Å²) < 4.78 is 1.97. The molecule has 0 bridgehead atoms.